The number of rotatable bonds is 6. The number of nitrogens with one attached hydrogen (secondary N) is 2. The average Bonchev–Trinajstić information content (AvgIpc) is 2.61. The maximum Gasteiger partial charge on any atom is 0.242 e. The van der Waals surface area contributed by atoms with Crippen LogP contribution in [-0.4, -0.2) is 31.9 Å². The van der Waals surface area contributed by atoms with Crippen molar-refractivity contribution in [2.45, 2.75) is 31.1 Å². The van der Waals surface area contributed by atoms with Crippen LogP contribution in [0.1, 0.15) is 31.7 Å². The maximum absolute atomic E-state index is 12.2. The summed E-state index contributed by atoms with van der Waals surface area (Å²) in [5, 5.41) is 6.55. The first-order valence-corrected chi connectivity index (χ1v) is 10.3. The van der Waals surface area contributed by atoms with Crippen molar-refractivity contribution in [1.29, 1.82) is 0 Å². The third-order valence-electron chi connectivity index (χ3n) is 4.22. The molecule has 0 fully saturated rings. The van der Waals surface area contributed by atoms with E-state index in [4.69, 9.17) is 12.2 Å². The fourth-order valence-electron chi connectivity index (χ4n) is 2.37. The Morgan fingerprint density at radius 1 is 1.08 bits per heavy atom. The smallest absolute Gasteiger partial charge is 0.242 e. The SMILES string of the molecule is CC[C@@H](C)c1ccc(NC(=S)Nc2cccc(S(=O)(=O)N(C)C)c2)cc1. The van der Waals surface area contributed by atoms with Crippen molar-refractivity contribution in [1.82, 2.24) is 4.31 Å². The molecule has 0 aliphatic rings. The van der Waals surface area contributed by atoms with E-state index in [2.05, 4.69) is 36.6 Å². The highest BCUT2D eigenvalue weighted by Gasteiger charge is 2.17. The highest BCUT2D eigenvalue weighted by molar-refractivity contribution is 7.89. The Hall–Kier alpha value is -1.96. The molecule has 0 spiro atoms. The molecule has 2 N–H and O–H groups in total. The molecule has 0 unspecified atom stereocenters. The normalized spacial score (nSPS) is 12.7. The molecule has 26 heavy (non-hydrogen) atoms. The number of nitrogens with zero attached hydrogens (tertiary/aromatic N) is 1. The van der Waals surface area contributed by atoms with Gasteiger partial charge >= 0.3 is 0 Å². The molecule has 0 aliphatic heterocycles. The molecular formula is C19H25N3O2S2. The number of thiocarbonyl (C=S) groups is 1. The van der Waals surface area contributed by atoms with E-state index in [9.17, 15) is 8.42 Å². The van der Waals surface area contributed by atoms with Gasteiger partial charge in [0.25, 0.3) is 0 Å². The summed E-state index contributed by atoms with van der Waals surface area (Å²) in [4.78, 5) is 0.216. The van der Waals surface area contributed by atoms with Gasteiger partial charge in [0, 0.05) is 25.5 Å². The summed E-state index contributed by atoms with van der Waals surface area (Å²) in [5.74, 6) is 0.524. The van der Waals surface area contributed by atoms with E-state index in [1.54, 1.807) is 24.3 Å². The van der Waals surface area contributed by atoms with Crippen LogP contribution in [0.3, 0.4) is 0 Å². The number of benzene rings is 2. The quantitative estimate of drug-likeness (QED) is 0.721. The molecule has 140 valence electrons. The molecule has 2 aromatic rings. The van der Waals surface area contributed by atoms with Gasteiger partial charge in [-0.1, -0.05) is 32.0 Å². The Morgan fingerprint density at radius 2 is 1.69 bits per heavy atom. The molecule has 0 aliphatic carbocycles. The first-order valence-electron chi connectivity index (χ1n) is 8.44. The van der Waals surface area contributed by atoms with E-state index in [0.29, 0.717) is 16.7 Å². The molecule has 0 saturated heterocycles. The van der Waals surface area contributed by atoms with E-state index in [0.717, 1.165) is 12.1 Å². The summed E-state index contributed by atoms with van der Waals surface area (Å²) >= 11 is 5.33. The summed E-state index contributed by atoms with van der Waals surface area (Å²) in [6, 6.07) is 14.7. The van der Waals surface area contributed by atoms with Crippen molar-refractivity contribution in [3.8, 4) is 0 Å². The van der Waals surface area contributed by atoms with Crippen LogP contribution in [0.15, 0.2) is 53.4 Å². The maximum atomic E-state index is 12.2. The fourth-order valence-corrected chi connectivity index (χ4v) is 3.55. The van der Waals surface area contributed by atoms with E-state index in [1.165, 1.54) is 24.0 Å². The van der Waals surface area contributed by atoms with E-state index < -0.39 is 10.0 Å². The summed E-state index contributed by atoms with van der Waals surface area (Å²) in [7, 11) is -0.471. The Bertz CT molecular complexity index is 863. The number of anilines is 2. The summed E-state index contributed by atoms with van der Waals surface area (Å²) < 4.78 is 25.6. The van der Waals surface area contributed by atoms with Crippen LogP contribution in [0, 0.1) is 0 Å². The van der Waals surface area contributed by atoms with Crippen LogP contribution in [-0.2, 0) is 10.0 Å². The lowest BCUT2D eigenvalue weighted by atomic mass is 9.99. The monoisotopic (exact) mass is 391 g/mol. The summed E-state index contributed by atoms with van der Waals surface area (Å²) in [6.45, 7) is 4.36. The standard InChI is InChI=1S/C19H25N3O2S2/c1-5-14(2)15-9-11-16(12-10-15)20-19(25)21-17-7-6-8-18(13-17)26(23,24)22(3)4/h6-14H,5H2,1-4H3,(H2,20,21,25)/t14-/m1/s1. The lowest BCUT2D eigenvalue weighted by Gasteiger charge is -2.15. The van der Waals surface area contributed by atoms with Crippen LogP contribution in [0.2, 0.25) is 0 Å². The van der Waals surface area contributed by atoms with Gasteiger partial charge in [0.15, 0.2) is 5.11 Å². The second-order valence-electron chi connectivity index (χ2n) is 6.33. The zero-order valence-electron chi connectivity index (χ0n) is 15.5. The van der Waals surface area contributed by atoms with Gasteiger partial charge in [0.1, 0.15) is 0 Å². The van der Waals surface area contributed by atoms with Crippen molar-refractivity contribution >= 4 is 38.7 Å². The van der Waals surface area contributed by atoms with Crippen molar-refractivity contribution in [2.24, 2.45) is 0 Å². The third-order valence-corrected chi connectivity index (χ3v) is 6.24. The molecule has 0 amide bonds. The minimum absolute atomic E-state index is 0.216. The van der Waals surface area contributed by atoms with Gasteiger partial charge in [0.05, 0.1) is 4.90 Å². The number of hydrogen-bond acceptors (Lipinski definition) is 3. The highest BCUT2D eigenvalue weighted by atomic mass is 32.2. The van der Waals surface area contributed by atoms with Crippen molar-refractivity contribution in [3.05, 3.63) is 54.1 Å². The molecule has 7 heteroatoms. The fraction of sp³-hybridized carbons (Fsp3) is 0.316. The molecule has 0 heterocycles. The zero-order chi connectivity index (χ0) is 19.3. The first kappa shape index (κ1) is 20.4. The first-order chi connectivity index (χ1) is 12.2. The van der Waals surface area contributed by atoms with Gasteiger partial charge in [-0.25, -0.2) is 12.7 Å². The minimum atomic E-state index is -3.48. The molecule has 2 rings (SSSR count). The van der Waals surface area contributed by atoms with Crippen LogP contribution in [0.4, 0.5) is 11.4 Å². The molecule has 5 nitrogen and oxygen atoms in total. The van der Waals surface area contributed by atoms with Crippen molar-refractivity contribution in [3.63, 3.8) is 0 Å². The topological polar surface area (TPSA) is 61.4 Å². The third kappa shape index (κ3) is 5.03. The zero-order valence-corrected chi connectivity index (χ0v) is 17.1. The number of hydrogen-bond donors (Lipinski definition) is 2. The Morgan fingerprint density at radius 3 is 2.27 bits per heavy atom. The largest absolute Gasteiger partial charge is 0.332 e. The van der Waals surface area contributed by atoms with Crippen LogP contribution in [0.25, 0.3) is 0 Å². The lowest BCUT2D eigenvalue weighted by molar-refractivity contribution is 0.521. The van der Waals surface area contributed by atoms with E-state index >= 15 is 0 Å². The van der Waals surface area contributed by atoms with Gasteiger partial charge < -0.3 is 10.6 Å². The molecule has 1 atom stereocenters. The van der Waals surface area contributed by atoms with Gasteiger partial charge in [-0.2, -0.15) is 0 Å². The molecule has 0 radical (unpaired) electrons. The number of sulfonamides is 1. The molecular weight excluding hydrogens is 366 g/mol. The Kier molecular flexibility index (Phi) is 6.75. The second kappa shape index (κ2) is 8.62. The average molecular weight is 392 g/mol. The van der Waals surface area contributed by atoms with Gasteiger partial charge in [0.2, 0.25) is 10.0 Å². The van der Waals surface area contributed by atoms with E-state index in [-0.39, 0.29) is 4.90 Å². The van der Waals surface area contributed by atoms with Gasteiger partial charge in [-0.05, 0) is 60.5 Å². The van der Waals surface area contributed by atoms with Crippen LogP contribution in [0.5, 0.6) is 0 Å². The van der Waals surface area contributed by atoms with Crippen LogP contribution < -0.4 is 10.6 Å². The Balaban J connectivity index is 2.06. The van der Waals surface area contributed by atoms with Crippen molar-refractivity contribution in [2.75, 3.05) is 24.7 Å². The van der Waals surface area contributed by atoms with Gasteiger partial charge in [-0.15, -0.1) is 0 Å². The second-order valence-corrected chi connectivity index (χ2v) is 8.89. The molecule has 0 bridgehead atoms. The Labute approximate surface area is 161 Å². The predicted octanol–water partition coefficient (Wildman–Crippen LogP) is 4.26. The molecule has 0 aromatic heterocycles. The predicted molar refractivity (Wildman–Crippen MR) is 112 cm³/mol. The lowest BCUT2D eigenvalue weighted by Crippen LogP contribution is -2.23. The minimum Gasteiger partial charge on any atom is -0.332 e. The van der Waals surface area contributed by atoms with Crippen LogP contribution >= 0.6 is 12.2 Å². The van der Waals surface area contributed by atoms with Crippen molar-refractivity contribution < 1.29 is 8.42 Å². The van der Waals surface area contributed by atoms with Gasteiger partial charge in [-0.3, -0.25) is 0 Å². The van der Waals surface area contributed by atoms with E-state index in [1.807, 2.05) is 12.1 Å². The molecule has 0 saturated carbocycles. The summed E-state index contributed by atoms with van der Waals surface area (Å²) in [5.41, 5.74) is 2.78. The highest BCUT2D eigenvalue weighted by Crippen LogP contribution is 2.21. The summed E-state index contributed by atoms with van der Waals surface area (Å²) in [6.07, 6.45) is 1.10. The molecule has 2 aromatic carbocycles.